The van der Waals surface area contributed by atoms with E-state index >= 15 is 0 Å². The maximum atomic E-state index is 12.8. The summed E-state index contributed by atoms with van der Waals surface area (Å²) in [4.78, 5) is -0.0863. The van der Waals surface area contributed by atoms with Gasteiger partial charge in [-0.3, -0.25) is 0 Å². The number of nitrogens with zero attached hydrogens (tertiary/aromatic N) is 1. The molecule has 130 valence electrons. The van der Waals surface area contributed by atoms with Gasteiger partial charge >= 0.3 is 6.18 Å². The second kappa shape index (κ2) is 5.75. The smallest absolute Gasteiger partial charge is 0.327 e. The van der Waals surface area contributed by atoms with Gasteiger partial charge in [0.1, 0.15) is 0 Å². The van der Waals surface area contributed by atoms with Crippen molar-refractivity contribution in [1.29, 1.82) is 0 Å². The minimum Gasteiger partial charge on any atom is -0.327 e. The van der Waals surface area contributed by atoms with Gasteiger partial charge < -0.3 is 5.73 Å². The van der Waals surface area contributed by atoms with Gasteiger partial charge in [-0.2, -0.15) is 17.5 Å². The molecular formula is C15H21F3N2O2S. The van der Waals surface area contributed by atoms with E-state index in [-0.39, 0.29) is 35.0 Å². The lowest BCUT2D eigenvalue weighted by Gasteiger charge is -2.41. The van der Waals surface area contributed by atoms with Crippen LogP contribution in [0.4, 0.5) is 13.2 Å². The fraction of sp³-hybridized carbons (Fsp3) is 0.600. The minimum atomic E-state index is -4.49. The Morgan fingerprint density at radius 1 is 1.30 bits per heavy atom. The largest absolute Gasteiger partial charge is 0.416 e. The van der Waals surface area contributed by atoms with Gasteiger partial charge in [0.25, 0.3) is 0 Å². The first-order chi connectivity index (χ1) is 10.4. The van der Waals surface area contributed by atoms with Crippen LogP contribution in [0.3, 0.4) is 0 Å². The summed E-state index contributed by atoms with van der Waals surface area (Å²) >= 11 is 0. The maximum absolute atomic E-state index is 12.8. The fourth-order valence-corrected chi connectivity index (χ4v) is 4.62. The van der Waals surface area contributed by atoms with Gasteiger partial charge in [-0.15, -0.1) is 0 Å². The fourth-order valence-electron chi connectivity index (χ4n) is 2.78. The lowest BCUT2D eigenvalue weighted by atomic mass is 9.81. The number of hydrogen-bond acceptors (Lipinski definition) is 3. The van der Waals surface area contributed by atoms with Crippen LogP contribution in [-0.2, 0) is 16.2 Å². The van der Waals surface area contributed by atoms with Crippen LogP contribution in [0.25, 0.3) is 0 Å². The second-order valence-electron chi connectivity index (χ2n) is 6.70. The van der Waals surface area contributed by atoms with Gasteiger partial charge in [-0.1, -0.05) is 13.8 Å². The third kappa shape index (κ3) is 3.54. The van der Waals surface area contributed by atoms with Gasteiger partial charge in [-0.05, 0) is 42.5 Å². The summed E-state index contributed by atoms with van der Waals surface area (Å²) in [6.07, 6.45) is -3.97. The molecular weight excluding hydrogens is 329 g/mol. The normalized spacial score (nSPS) is 23.0. The van der Waals surface area contributed by atoms with Crippen molar-refractivity contribution in [1.82, 2.24) is 4.31 Å². The lowest BCUT2D eigenvalue weighted by molar-refractivity contribution is -0.137. The first kappa shape index (κ1) is 18.2. The highest BCUT2D eigenvalue weighted by atomic mass is 32.2. The van der Waals surface area contributed by atoms with Crippen molar-refractivity contribution in [3.63, 3.8) is 0 Å². The van der Waals surface area contributed by atoms with Crippen molar-refractivity contribution in [2.24, 2.45) is 11.1 Å². The van der Waals surface area contributed by atoms with Crippen LogP contribution in [-0.4, -0.2) is 31.9 Å². The number of alkyl halides is 3. The quantitative estimate of drug-likeness (QED) is 0.892. The summed E-state index contributed by atoms with van der Waals surface area (Å²) in [5.74, 6) is 0. The zero-order valence-corrected chi connectivity index (χ0v) is 14.1. The van der Waals surface area contributed by atoms with Crippen LogP contribution in [0.2, 0.25) is 0 Å². The van der Waals surface area contributed by atoms with Crippen molar-refractivity contribution in [3.8, 4) is 0 Å². The molecule has 0 spiro atoms. The van der Waals surface area contributed by atoms with Crippen LogP contribution >= 0.6 is 0 Å². The predicted octanol–water partition coefficient (Wildman–Crippen LogP) is 2.76. The molecule has 0 amide bonds. The minimum absolute atomic E-state index is 0.0863. The molecule has 1 aromatic carbocycles. The first-order valence-corrected chi connectivity index (χ1v) is 8.73. The third-order valence-corrected chi connectivity index (χ3v) is 6.40. The van der Waals surface area contributed by atoms with Crippen LogP contribution in [0, 0.1) is 12.3 Å². The van der Waals surface area contributed by atoms with E-state index in [2.05, 4.69) is 0 Å². The molecule has 0 bridgehead atoms. The number of halogens is 3. The molecule has 0 saturated carbocycles. The molecule has 8 heteroatoms. The molecule has 1 aliphatic rings. The molecule has 1 fully saturated rings. The highest BCUT2D eigenvalue weighted by Gasteiger charge is 2.39. The highest BCUT2D eigenvalue weighted by Crippen LogP contribution is 2.34. The van der Waals surface area contributed by atoms with Crippen molar-refractivity contribution in [3.05, 3.63) is 29.3 Å². The van der Waals surface area contributed by atoms with E-state index in [0.29, 0.717) is 6.42 Å². The van der Waals surface area contributed by atoms with Crippen LogP contribution < -0.4 is 5.73 Å². The van der Waals surface area contributed by atoms with Gasteiger partial charge in [0, 0.05) is 19.1 Å². The maximum Gasteiger partial charge on any atom is 0.416 e. The molecule has 1 unspecified atom stereocenters. The molecule has 2 N–H and O–H groups in total. The Bertz CT molecular complexity index is 699. The van der Waals surface area contributed by atoms with Gasteiger partial charge in [-0.25, -0.2) is 8.42 Å². The monoisotopic (exact) mass is 350 g/mol. The van der Waals surface area contributed by atoms with E-state index < -0.39 is 21.8 Å². The van der Waals surface area contributed by atoms with Crippen LogP contribution in [0.5, 0.6) is 0 Å². The molecule has 23 heavy (non-hydrogen) atoms. The Labute approximate surface area is 134 Å². The van der Waals surface area contributed by atoms with E-state index in [9.17, 15) is 21.6 Å². The topological polar surface area (TPSA) is 63.4 Å². The number of aryl methyl sites for hydroxylation is 1. The zero-order chi connectivity index (χ0) is 17.6. The molecule has 1 heterocycles. The summed E-state index contributed by atoms with van der Waals surface area (Å²) in [7, 11) is -3.84. The molecule has 1 atom stereocenters. The Morgan fingerprint density at radius 3 is 2.39 bits per heavy atom. The SMILES string of the molecule is Cc1cc(C(F)(F)F)ccc1S(=O)(=O)N1CCC(N)C(C)(C)C1. The van der Waals surface area contributed by atoms with E-state index in [1.54, 1.807) is 0 Å². The van der Waals surface area contributed by atoms with Gasteiger partial charge in [0.15, 0.2) is 0 Å². The Kier molecular flexibility index (Phi) is 4.56. The van der Waals surface area contributed by atoms with E-state index in [4.69, 9.17) is 5.73 Å². The summed E-state index contributed by atoms with van der Waals surface area (Å²) in [6, 6.07) is 2.60. The van der Waals surface area contributed by atoms with Gasteiger partial charge in [0.2, 0.25) is 10.0 Å². The summed E-state index contributed by atoms with van der Waals surface area (Å²) in [6.45, 7) is 5.67. The highest BCUT2D eigenvalue weighted by molar-refractivity contribution is 7.89. The van der Waals surface area contributed by atoms with E-state index in [1.165, 1.54) is 11.2 Å². The summed E-state index contributed by atoms with van der Waals surface area (Å²) < 4.78 is 65.0. The first-order valence-electron chi connectivity index (χ1n) is 7.29. The molecule has 0 radical (unpaired) electrons. The summed E-state index contributed by atoms with van der Waals surface area (Å²) in [5.41, 5.74) is 4.86. The molecule has 1 aromatic rings. The Morgan fingerprint density at radius 2 is 1.91 bits per heavy atom. The number of hydrogen-bond donors (Lipinski definition) is 1. The van der Waals surface area contributed by atoms with Gasteiger partial charge in [0.05, 0.1) is 10.5 Å². The predicted molar refractivity (Wildman–Crippen MR) is 81.3 cm³/mol. The van der Waals surface area contributed by atoms with Crippen molar-refractivity contribution < 1.29 is 21.6 Å². The van der Waals surface area contributed by atoms with Crippen molar-refractivity contribution >= 4 is 10.0 Å². The Balaban J connectivity index is 2.37. The molecule has 1 saturated heterocycles. The average Bonchev–Trinajstić information content (AvgIpc) is 2.40. The standard InChI is InChI=1S/C15H21F3N2O2S/c1-10-8-11(15(16,17)18)4-5-12(10)23(21,22)20-7-6-13(19)14(2,3)9-20/h4-5,8,13H,6-7,9,19H2,1-3H3. The summed E-state index contributed by atoms with van der Waals surface area (Å²) in [5, 5.41) is 0. The molecule has 2 rings (SSSR count). The average molecular weight is 350 g/mol. The molecule has 0 aromatic heterocycles. The van der Waals surface area contributed by atoms with Crippen molar-refractivity contribution in [2.45, 2.75) is 44.3 Å². The molecule has 0 aliphatic carbocycles. The number of benzene rings is 1. The number of piperidine rings is 1. The number of rotatable bonds is 2. The third-order valence-electron chi connectivity index (χ3n) is 4.40. The second-order valence-corrected chi connectivity index (χ2v) is 8.61. The molecule has 4 nitrogen and oxygen atoms in total. The zero-order valence-electron chi connectivity index (χ0n) is 13.3. The number of sulfonamides is 1. The Hall–Kier alpha value is -1.12. The lowest BCUT2D eigenvalue weighted by Crippen LogP contribution is -2.53. The van der Waals surface area contributed by atoms with Crippen LogP contribution in [0.15, 0.2) is 23.1 Å². The van der Waals surface area contributed by atoms with Crippen molar-refractivity contribution in [2.75, 3.05) is 13.1 Å². The van der Waals surface area contributed by atoms with E-state index in [0.717, 1.165) is 18.2 Å². The number of nitrogens with two attached hydrogens (primary N) is 1. The van der Waals surface area contributed by atoms with E-state index in [1.807, 2.05) is 13.8 Å². The molecule has 1 aliphatic heterocycles. The van der Waals surface area contributed by atoms with Crippen LogP contribution in [0.1, 0.15) is 31.4 Å².